The highest BCUT2D eigenvalue weighted by molar-refractivity contribution is 7.90. The quantitative estimate of drug-likeness (QED) is 0.701. The van der Waals surface area contributed by atoms with Crippen LogP contribution in [0.2, 0.25) is 0 Å². The Labute approximate surface area is 163 Å². The van der Waals surface area contributed by atoms with E-state index in [1.54, 1.807) is 0 Å². The van der Waals surface area contributed by atoms with Crippen molar-refractivity contribution in [2.75, 3.05) is 25.4 Å². The van der Waals surface area contributed by atoms with Crippen molar-refractivity contribution >= 4 is 15.9 Å². The normalized spacial score (nSPS) is 15.8. The van der Waals surface area contributed by atoms with E-state index in [9.17, 15) is 13.2 Å². The molecular weight excluding hydrogens is 360 g/mol. The summed E-state index contributed by atoms with van der Waals surface area (Å²) >= 11 is 0. The van der Waals surface area contributed by atoms with Crippen LogP contribution in [-0.2, 0) is 46.9 Å². The number of benzene rings is 1. The highest BCUT2D eigenvalue weighted by atomic mass is 32.2. The molecule has 0 unspecified atom stereocenters. The van der Waals surface area contributed by atoms with Gasteiger partial charge < -0.3 is 4.90 Å². The van der Waals surface area contributed by atoms with Crippen LogP contribution < -0.4 is 4.72 Å². The molecule has 6 heteroatoms. The van der Waals surface area contributed by atoms with Crippen molar-refractivity contribution in [3.05, 3.63) is 33.9 Å². The second kappa shape index (κ2) is 8.74. The van der Waals surface area contributed by atoms with Crippen molar-refractivity contribution in [3.63, 3.8) is 0 Å². The molecule has 2 aliphatic rings. The molecule has 1 N–H and O–H groups in total. The zero-order valence-electron chi connectivity index (χ0n) is 16.6. The first kappa shape index (κ1) is 20.3. The molecule has 0 aliphatic heterocycles. The SMILES string of the molecule is CCN(CC)CCCS(=O)(=O)NC(=O)Cc1c2c(cc3c1CCC3)CCC2. The van der Waals surface area contributed by atoms with Gasteiger partial charge in [0.05, 0.1) is 12.2 Å². The monoisotopic (exact) mass is 392 g/mol. The zero-order chi connectivity index (χ0) is 19.4. The summed E-state index contributed by atoms with van der Waals surface area (Å²) in [6.07, 6.45) is 7.21. The molecule has 0 saturated carbocycles. The lowest BCUT2D eigenvalue weighted by atomic mass is 9.92. The van der Waals surface area contributed by atoms with E-state index < -0.39 is 10.0 Å². The highest BCUT2D eigenvalue weighted by Crippen LogP contribution is 2.35. The van der Waals surface area contributed by atoms with E-state index in [0.29, 0.717) is 6.42 Å². The second-order valence-corrected chi connectivity index (χ2v) is 9.58. The molecule has 2 aliphatic carbocycles. The summed E-state index contributed by atoms with van der Waals surface area (Å²) in [6.45, 7) is 6.69. The van der Waals surface area contributed by atoms with Gasteiger partial charge in [0.2, 0.25) is 15.9 Å². The average molecular weight is 393 g/mol. The minimum Gasteiger partial charge on any atom is -0.304 e. The largest absolute Gasteiger partial charge is 0.304 e. The molecule has 0 aromatic heterocycles. The molecule has 1 amide bonds. The topological polar surface area (TPSA) is 66.5 Å². The lowest BCUT2D eigenvalue weighted by Crippen LogP contribution is -2.35. The van der Waals surface area contributed by atoms with Gasteiger partial charge in [-0.05, 0) is 92.4 Å². The molecule has 1 aromatic carbocycles. The van der Waals surface area contributed by atoms with E-state index in [1.165, 1.54) is 22.3 Å². The van der Waals surface area contributed by atoms with Gasteiger partial charge in [0, 0.05) is 0 Å². The van der Waals surface area contributed by atoms with E-state index in [2.05, 4.69) is 29.5 Å². The molecule has 0 fully saturated rings. The molecule has 0 radical (unpaired) electrons. The first-order valence-electron chi connectivity index (χ1n) is 10.3. The van der Waals surface area contributed by atoms with Gasteiger partial charge in [0.15, 0.2) is 0 Å². The number of carbonyl (C=O) groups is 1. The number of amides is 1. The van der Waals surface area contributed by atoms with Gasteiger partial charge in [0.1, 0.15) is 0 Å². The first-order valence-corrected chi connectivity index (χ1v) is 12.0. The zero-order valence-corrected chi connectivity index (χ0v) is 17.5. The van der Waals surface area contributed by atoms with Crippen LogP contribution in [0.5, 0.6) is 0 Å². The van der Waals surface area contributed by atoms with Crippen LogP contribution in [0.25, 0.3) is 0 Å². The summed E-state index contributed by atoms with van der Waals surface area (Å²) in [4.78, 5) is 14.7. The van der Waals surface area contributed by atoms with Crippen LogP contribution in [0.1, 0.15) is 60.9 Å². The Morgan fingerprint density at radius 3 is 2.19 bits per heavy atom. The summed E-state index contributed by atoms with van der Waals surface area (Å²) < 4.78 is 26.9. The smallest absolute Gasteiger partial charge is 0.237 e. The number of carbonyl (C=O) groups excluding carboxylic acids is 1. The molecule has 27 heavy (non-hydrogen) atoms. The third-order valence-electron chi connectivity index (χ3n) is 5.99. The van der Waals surface area contributed by atoms with Crippen molar-refractivity contribution in [1.82, 2.24) is 9.62 Å². The van der Waals surface area contributed by atoms with Crippen LogP contribution >= 0.6 is 0 Å². The fraction of sp³-hybridized carbons (Fsp3) is 0.667. The molecule has 0 heterocycles. The Morgan fingerprint density at radius 2 is 1.63 bits per heavy atom. The van der Waals surface area contributed by atoms with Gasteiger partial charge in [-0.3, -0.25) is 9.52 Å². The molecule has 0 saturated heterocycles. The molecule has 0 bridgehead atoms. The Morgan fingerprint density at radius 1 is 1.04 bits per heavy atom. The van der Waals surface area contributed by atoms with E-state index >= 15 is 0 Å². The molecular formula is C21H32N2O3S. The maximum absolute atomic E-state index is 12.5. The van der Waals surface area contributed by atoms with Gasteiger partial charge in [-0.25, -0.2) is 8.42 Å². The number of sulfonamides is 1. The van der Waals surface area contributed by atoms with Crippen LogP contribution in [0.3, 0.4) is 0 Å². The maximum atomic E-state index is 12.5. The Balaban J connectivity index is 1.63. The van der Waals surface area contributed by atoms with E-state index in [4.69, 9.17) is 0 Å². The van der Waals surface area contributed by atoms with Crippen molar-refractivity contribution in [2.45, 2.75) is 65.2 Å². The fourth-order valence-electron chi connectivity index (χ4n) is 4.59. The van der Waals surface area contributed by atoms with Crippen molar-refractivity contribution < 1.29 is 13.2 Å². The number of hydrogen-bond donors (Lipinski definition) is 1. The van der Waals surface area contributed by atoms with Gasteiger partial charge in [-0.2, -0.15) is 0 Å². The highest BCUT2D eigenvalue weighted by Gasteiger charge is 2.26. The summed E-state index contributed by atoms with van der Waals surface area (Å²) in [6, 6.07) is 2.33. The van der Waals surface area contributed by atoms with E-state index in [-0.39, 0.29) is 18.1 Å². The maximum Gasteiger partial charge on any atom is 0.237 e. The van der Waals surface area contributed by atoms with Gasteiger partial charge >= 0.3 is 0 Å². The summed E-state index contributed by atoms with van der Waals surface area (Å²) in [5, 5.41) is 0. The van der Waals surface area contributed by atoms with Gasteiger partial charge in [-0.1, -0.05) is 19.9 Å². The van der Waals surface area contributed by atoms with Crippen LogP contribution in [0.15, 0.2) is 6.07 Å². The van der Waals surface area contributed by atoms with Crippen molar-refractivity contribution in [2.24, 2.45) is 0 Å². The third kappa shape index (κ3) is 4.91. The Kier molecular flexibility index (Phi) is 6.58. The molecule has 0 atom stereocenters. The fourth-order valence-corrected chi connectivity index (χ4v) is 5.62. The number of nitrogens with one attached hydrogen (secondary N) is 1. The molecule has 3 rings (SSSR count). The minimum atomic E-state index is -3.57. The number of rotatable bonds is 9. The van der Waals surface area contributed by atoms with Crippen molar-refractivity contribution in [1.29, 1.82) is 0 Å². The predicted octanol–water partition coefficient (Wildman–Crippen LogP) is 2.38. The molecule has 1 aromatic rings. The second-order valence-electron chi connectivity index (χ2n) is 7.74. The first-order chi connectivity index (χ1) is 12.9. The standard InChI is InChI=1S/C21H32N2O3S/c1-3-23(4-2)12-7-13-27(25,26)22-21(24)15-20-18-10-5-8-16(18)14-17-9-6-11-19(17)20/h14H,3-13,15H2,1-2H3,(H,22,24). The minimum absolute atomic E-state index is 0.000242. The summed E-state index contributed by atoms with van der Waals surface area (Å²) in [7, 11) is -3.57. The predicted molar refractivity (Wildman–Crippen MR) is 109 cm³/mol. The van der Waals surface area contributed by atoms with Crippen LogP contribution in [-0.4, -0.2) is 44.6 Å². The molecule has 150 valence electrons. The van der Waals surface area contributed by atoms with E-state index in [1.807, 2.05) is 0 Å². The summed E-state index contributed by atoms with van der Waals surface area (Å²) in [5.74, 6) is -0.382. The molecule has 5 nitrogen and oxygen atoms in total. The molecule has 0 spiro atoms. The third-order valence-corrected chi connectivity index (χ3v) is 7.35. The van der Waals surface area contributed by atoms with Crippen molar-refractivity contribution in [3.8, 4) is 0 Å². The lowest BCUT2D eigenvalue weighted by Gasteiger charge is -2.18. The summed E-state index contributed by atoms with van der Waals surface area (Å²) in [5.41, 5.74) is 6.49. The Bertz CT molecular complexity index is 766. The number of hydrogen-bond acceptors (Lipinski definition) is 4. The van der Waals surface area contributed by atoms with Gasteiger partial charge in [-0.15, -0.1) is 0 Å². The number of fused-ring (bicyclic) bond motifs is 2. The Hall–Kier alpha value is -1.40. The van der Waals surface area contributed by atoms with Crippen LogP contribution in [0.4, 0.5) is 0 Å². The lowest BCUT2D eigenvalue weighted by molar-refractivity contribution is -0.118. The number of aryl methyl sites for hydroxylation is 2. The van der Waals surface area contributed by atoms with Gasteiger partial charge in [0.25, 0.3) is 0 Å². The average Bonchev–Trinajstić information content (AvgIpc) is 3.27. The van der Waals surface area contributed by atoms with E-state index in [0.717, 1.165) is 63.7 Å². The van der Waals surface area contributed by atoms with Crippen LogP contribution in [0, 0.1) is 0 Å². The number of nitrogens with zero attached hydrogens (tertiary/aromatic N) is 1.